The van der Waals surface area contributed by atoms with Gasteiger partial charge in [-0.25, -0.2) is 4.21 Å². The van der Waals surface area contributed by atoms with E-state index in [-0.39, 0.29) is 10.0 Å². The lowest BCUT2D eigenvalue weighted by atomic mass is 10.7. The lowest BCUT2D eigenvalue weighted by Crippen LogP contribution is -1.90. The Kier molecular flexibility index (Phi) is 2.08. The fourth-order valence-corrected chi connectivity index (χ4v) is 1.22. The van der Waals surface area contributed by atoms with Crippen LogP contribution in [0.4, 0.5) is 0 Å². The summed E-state index contributed by atoms with van der Waals surface area (Å²) in [5, 5.41) is 3.86. The molecule has 0 aromatic carbocycles. The van der Waals surface area contributed by atoms with Crippen molar-refractivity contribution in [2.24, 2.45) is 7.05 Å². The minimum absolute atomic E-state index is 0.143. The van der Waals surface area contributed by atoms with E-state index in [2.05, 4.69) is 5.10 Å². The number of hydrogen-bond acceptors (Lipinski definition) is 2. The number of aromatic nitrogens is 2. The van der Waals surface area contributed by atoms with Crippen LogP contribution < -0.4 is 0 Å². The Hall–Kier alpha value is -0.390. The number of rotatable bonds is 1. The molecule has 4 nitrogen and oxygen atoms in total. The first-order valence-electron chi connectivity index (χ1n) is 2.41. The quantitative estimate of drug-likeness (QED) is 0.646. The Morgan fingerprint density at radius 2 is 2.50 bits per heavy atom. The van der Waals surface area contributed by atoms with Gasteiger partial charge in [0, 0.05) is 7.05 Å². The van der Waals surface area contributed by atoms with Crippen LogP contribution in [0.15, 0.2) is 11.1 Å². The zero-order valence-electron chi connectivity index (χ0n) is 5.11. The van der Waals surface area contributed by atoms with Gasteiger partial charge in [0.1, 0.15) is 10.0 Å². The van der Waals surface area contributed by atoms with Crippen molar-refractivity contribution in [3.8, 4) is 0 Å². The minimum atomic E-state index is -2.03. The molecule has 0 aliphatic heterocycles. The maximum atomic E-state index is 10.4. The zero-order valence-corrected chi connectivity index (χ0v) is 6.69. The Morgan fingerprint density at radius 1 is 1.90 bits per heavy atom. The highest BCUT2D eigenvalue weighted by atomic mass is 35.5. The predicted molar refractivity (Wildman–Crippen MR) is 37.3 cm³/mol. The average molecular weight is 181 g/mol. The Bertz CT molecular complexity index is 272. The summed E-state index contributed by atoms with van der Waals surface area (Å²) in [6.45, 7) is 0. The van der Waals surface area contributed by atoms with Crippen LogP contribution in [-0.4, -0.2) is 18.5 Å². The third kappa shape index (κ3) is 1.21. The van der Waals surface area contributed by atoms with Crippen molar-refractivity contribution in [2.45, 2.75) is 4.90 Å². The molecular formula is C4H5ClN2O2S. The van der Waals surface area contributed by atoms with E-state index in [1.807, 2.05) is 0 Å². The smallest absolute Gasteiger partial charge is 0.191 e. The van der Waals surface area contributed by atoms with Crippen molar-refractivity contribution in [2.75, 3.05) is 0 Å². The SMILES string of the molecule is Cn1ncc(S(=O)O)c1Cl. The molecule has 1 rings (SSSR count). The van der Waals surface area contributed by atoms with Gasteiger partial charge in [0.15, 0.2) is 11.1 Å². The van der Waals surface area contributed by atoms with Crippen molar-refractivity contribution in [1.29, 1.82) is 0 Å². The highest BCUT2D eigenvalue weighted by molar-refractivity contribution is 7.79. The molecular weight excluding hydrogens is 176 g/mol. The molecule has 0 radical (unpaired) electrons. The molecule has 0 aliphatic rings. The van der Waals surface area contributed by atoms with Gasteiger partial charge in [0.2, 0.25) is 0 Å². The molecule has 0 spiro atoms. The summed E-state index contributed by atoms with van der Waals surface area (Å²) in [7, 11) is 1.60. The highest BCUT2D eigenvalue weighted by Crippen LogP contribution is 2.16. The van der Waals surface area contributed by atoms with E-state index in [1.54, 1.807) is 7.05 Å². The topological polar surface area (TPSA) is 55.1 Å². The molecule has 0 bridgehead atoms. The summed E-state index contributed by atoms with van der Waals surface area (Å²) in [6.07, 6.45) is 1.26. The minimum Gasteiger partial charge on any atom is -0.302 e. The van der Waals surface area contributed by atoms with Crippen molar-refractivity contribution in [3.63, 3.8) is 0 Å². The summed E-state index contributed by atoms with van der Waals surface area (Å²) < 4.78 is 20.3. The lowest BCUT2D eigenvalue weighted by Gasteiger charge is -1.90. The molecule has 1 N–H and O–H groups in total. The fraction of sp³-hybridized carbons (Fsp3) is 0.250. The van der Waals surface area contributed by atoms with Crippen LogP contribution in [0.3, 0.4) is 0 Å². The molecule has 6 heteroatoms. The second-order valence-electron chi connectivity index (χ2n) is 1.67. The molecule has 0 aliphatic carbocycles. The summed E-state index contributed by atoms with van der Waals surface area (Å²) in [5.74, 6) is 0. The van der Waals surface area contributed by atoms with Crippen LogP contribution in [0.5, 0.6) is 0 Å². The first-order chi connectivity index (χ1) is 4.63. The Balaban J connectivity index is 3.17. The first-order valence-corrected chi connectivity index (χ1v) is 3.89. The lowest BCUT2D eigenvalue weighted by molar-refractivity contribution is 0.564. The van der Waals surface area contributed by atoms with Gasteiger partial charge in [-0.2, -0.15) is 5.10 Å². The van der Waals surface area contributed by atoms with Crippen molar-refractivity contribution >= 4 is 22.7 Å². The summed E-state index contributed by atoms with van der Waals surface area (Å²) in [6, 6.07) is 0. The molecule has 10 heavy (non-hydrogen) atoms. The van der Waals surface area contributed by atoms with Gasteiger partial charge in [-0.1, -0.05) is 11.6 Å². The van der Waals surface area contributed by atoms with Crippen LogP contribution in [0.2, 0.25) is 5.15 Å². The molecule has 1 atom stereocenters. The normalized spacial score (nSPS) is 13.5. The molecule has 1 heterocycles. The summed E-state index contributed by atoms with van der Waals surface area (Å²) >= 11 is 3.52. The number of nitrogens with zero attached hydrogens (tertiary/aromatic N) is 2. The van der Waals surface area contributed by atoms with Gasteiger partial charge < -0.3 is 4.55 Å². The molecule has 1 aromatic heterocycles. The van der Waals surface area contributed by atoms with Crippen LogP contribution in [-0.2, 0) is 18.1 Å². The molecule has 1 aromatic rings. The van der Waals surface area contributed by atoms with E-state index >= 15 is 0 Å². The standard InChI is InChI=1S/C4H5ClN2O2S/c1-7-4(5)3(2-6-7)10(8)9/h2H,1H3,(H,8,9). The van der Waals surface area contributed by atoms with Gasteiger partial charge in [-0.05, 0) is 0 Å². The third-order valence-electron chi connectivity index (χ3n) is 1.02. The maximum absolute atomic E-state index is 10.4. The molecule has 0 saturated heterocycles. The van der Waals surface area contributed by atoms with E-state index in [1.165, 1.54) is 10.9 Å². The maximum Gasteiger partial charge on any atom is 0.191 e. The van der Waals surface area contributed by atoms with E-state index in [4.69, 9.17) is 16.2 Å². The van der Waals surface area contributed by atoms with Gasteiger partial charge in [0.05, 0.1) is 6.20 Å². The monoisotopic (exact) mass is 180 g/mol. The Morgan fingerprint density at radius 3 is 2.70 bits per heavy atom. The van der Waals surface area contributed by atoms with Crippen LogP contribution in [0.1, 0.15) is 0 Å². The molecule has 56 valence electrons. The van der Waals surface area contributed by atoms with E-state index < -0.39 is 11.1 Å². The van der Waals surface area contributed by atoms with Crippen molar-refractivity contribution < 1.29 is 8.76 Å². The third-order valence-corrected chi connectivity index (χ3v) is 2.26. The zero-order chi connectivity index (χ0) is 7.72. The molecule has 1 unspecified atom stereocenters. The van der Waals surface area contributed by atoms with E-state index in [0.717, 1.165) is 0 Å². The molecule has 0 fully saturated rings. The van der Waals surface area contributed by atoms with Gasteiger partial charge >= 0.3 is 0 Å². The van der Waals surface area contributed by atoms with Gasteiger partial charge in [-0.15, -0.1) is 0 Å². The van der Waals surface area contributed by atoms with Crippen LogP contribution >= 0.6 is 11.6 Å². The fourth-order valence-electron chi connectivity index (χ4n) is 0.520. The number of hydrogen-bond donors (Lipinski definition) is 1. The summed E-state index contributed by atoms with van der Waals surface area (Å²) in [4.78, 5) is 0.143. The van der Waals surface area contributed by atoms with Crippen molar-refractivity contribution in [3.05, 3.63) is 11.3 Å². The Labute approximate surface area is 65.1 Å². The number of halogens is 1. The first kappa shape index (κ1) is 7.71. The van der Waals surface area contributed by atoms with Crippen molar-refractivity contribution in [1.82, 2.24) is 9.78 Å². The molecule has 0 saturated carbocycles. The average Bonchev–Trinajstić information content (AvgIpc) is 2.14. The highest BCUT2D eigenvalue weighted by Gasteiger charge is 2.09. The van der Waals surface area contributed by atoms with Crippen LogP contribution in [0.25, 0.3) is 0 Å². The van der Waals surface area contributed by atoms with E-state index in [0.29, 0.717) is 0 Å². The summed E-state index contributed by atoms with van der Waals surface area (Å²) in [5.41, 5.74) is 0. The van der Waals surface area contributed by atoms with Gasteiger partial charge in [0.25, 0.3) is 0 Å². The number of aryl methyl sites for hydroxylation is 1. The molecule has 0 amide bonds. The second-order valence-corrected chi connectivity index (χ2v) is 2.97. The van der Waals surface area contributed by atoms with Crippen LogP contribution in [0, 0.1) is 0 Å². The van der Waals surface area contributed by atoms with E-state index in [9.17, 15) is 4.21 Å². The predicted octanol–water partition coefficient (Wildman–Crippen LogP) is 0.654. The largest absolute Gasteiger partial charge is 0.302 e. The van der Waals surface area contributed by atoms with Gasteiger partial charge in [-0.3, -0.25) is 4.68 Å². The second kappa shape index (κ2) is 2.69.